The van der Waals surface area contributed by atoms with Gasteiger partial charge in [-0.25, -0.2) is 0 Å². The number of hydrogen-bond donors (Lipinski definition) is 0. The highest BCUT2D eigenvalue weighted by Crippen LogP contribution is 2.41. The van der Waals surface area contributed by atoms with Gasteiger partial charge in [0.25, 0.3) is 0 Å². The average Bonchev–Trinajstić information content (AvgIpc) is 2.82. The highest BCUT2D eigenvalue weighted by molar-refractivity contribution is 5.90. The van der Waals surface area contributed by atoms with Crippen LogP contribution < -0.4 is 4.74 Å². The molecule has 1 aliphatic rings. The largest absolute Gasteiger partial charge is 0.492 e. The van der Waals surface area contributed by atoms with Crippen molar-refractivity contribution in [1.82, 2.24) is 0 Å². The second-order valence-corrected chi connectivity index (χ2v) is 4.49. The van der Waals surface area contributed by atoms with Gasteiger partial charge in [0.05, 0.1) is 20.1 Å². The highest BCUT2D eigenvalue weighted by Gasteiger charge is 2.27. The molecule has 0 aliphatic carbocycles. The van der Waals surface area contributed by atoms with Crippen LogP contribution in [0.4, 0.5) is 0 Å². The fourth-order valence-electron chi connectivity index (χ4n) is 2.47. The zero-order valence-electron chi connectivity index (χ0n) is 10.2. The van der Waals surface area contributed by atoms with E-state index in [0.717, 1.165) is 22.1 Å². The standard InChI is InChI=1S/C15H14O3/c1-17-14(16)8-11-9-18-15-12-5-3-2-4-10(12)6-7-13(11)15/h2-7,11H,8-9H2,1H3. The van der Waals surface area contributed by atoms with Crippen molar-refractivity contribution in [2.75, 3.05) is 13.7 Å². The number of carbonyl (C=O) groups excluding carboxylic acids is 1. The Bertz CT molecular complexity index is 604. The summed E-state index contributed by atoms with van der Waals surface area (Å²) in [6.45, 7) is 0.554. The minimum absolute atomic E-state index is 0.108. The van der Waals surface area contributed by atoms with Crippen LogP contribution in [0.5, 0.6) is 5.75 Å². The molecule has 3 rings (SSSR count). The van der Waals surface area contributed by atoms with E-state index in [-0.39, 0.29) is 11.9 Å². The first-order valence-electron chi connectivity index (χ1n) is 6.01. The lowest BCUT2D eigenvalue weighted by atomic mass is 9.95. The van der Waals surface area contributed by atoms with Gasteiger partial charge >= 0.3 is 5.97 Å². The van der Waals surface area contributed by atoms with E-state index in [9.17, 15) is 4.79 Å². The maximum atomic E-state index is 11.4. The number of esters is 1. The monoisotopic (exact) mass is 242 g/mol. The third kappa shape index (κ3) is 1.72. The summed E-state index contributed by atoms with van der Waals surface area (Å²) in [6, 6.07) is 12.3. The number of methoxy groups -OCH3 is 1. The molecule has 2 aromatic carbocycles. The summed E-state index contributed by atoms with van der Waals surface area (Å²) in [5.74, 6) is 0.837. The summed E-state index contributed by atoms with van der Waals surface area (Å²) in [5.41, 5.74) is 1.11. The molecule has 92 valence electrons. The molecule has 0 amide bonds. The Kier molecular flexibility index (Phi) is 2.67. The molecule has 0 saturated carbocycles. The van der Waals surface area contributed by atoms with Crippen molar-refractivity contribution in [2.24, 2.45) is 0 Å². The lowest BCUT2D eigenvalue weighted by Crippen LogP contribution is -2.09. The van der Waals surface area contributed by atoms with Gasteiger partial charge in [0, 0.05) is 16.9 Å². The van der Waals surface area contributed by atoms with Gasteiger partial charge in [0.2, 0.25) is 0 Å². The topological polar surface area (TPSA) is 35.5 Å². The lowest BCUT2D eigenvalue weighted by Gasteiger charge is -2.07. The average molecular weight is 242 g/mol. The summed E-state index contributed by atoms with van der Waals surface area (Å²) < 4.78 is 10.5. The van der Waals surface area contributed by atoms with E-state index in [1.165, 1.54) is 7.11 Å². The smallest absolute Gasteiger partial charge is 0.306 e. The molecule has 0 saturated heterocycles. The third-order valence-electron chi connectivity index (χ3n) is 3.42. The fourth-order valence-corrected chi connectivity index (χ4v) is 2.47. The van der Waals surface area contributed by atoms with Crippen molar-refractivity contribution < 1.29 is 14.3 Å². The fraction of sp³-hybridized carbons (Fsp3) is 0.267. The van der Waals surface area contributed by atoms with Gasteiger partial charge in [-0.1, -0.05) is 36.4 Å². The molecule has 0 radical (unpaired) electrons. The first-order valence-corrected chi connectivity index (χ1v) is 6.01. The molecule has 1 unspecified atom stereocenters. The highest BCUT2D eigenvalue weighted by atomic mass is 16.5. The second kappa shape index (κ2) is 4.33. The second-order valence-electron chi connectivity index (χ2n) is 4.49. The Balaban J connectivity index is 2.02. The van der Waals surface area contributed by atoms with Crippen LogP contribution in [0.1, 0.15) is 17.9 Å². The summed E-state index contributed by atoms with van der Waals surface area (Å²) in [4.78, 5) is 11.4. The molecule has 3 heteroatoms. The van der Waals surface area contributed by atoms with Crippen molar-refractivity contribution >= 4 is 16.7 Å². The van der Waals surface area contributed by atoms with Crippen LogP contribution in [-0.4, -0.2) is 19.7 Å². The van der Waals surface area contributed by atoms with Crippen molar-refractivity contribution in [2.45, 2.75) is 12.3 Å². The summed E-state index contributed by atoms with van der Waals surface area (Å²) >= 11 is 0. The number of carbonyl (C=O) groups is 1. The van der Waals surface area contributed by atoms with Gasteiger partial charge in [-0.15, -0.1) is 0 Å². The van der Waals surface area contributed by atoms with Crippen LogP contribution in [0.25, 0.3) is 10.8 Å². The van der Waals surface area contributed by atoms with Crippen molar-refractivity contribution in [3.8, 4) is 5.75 Å². The summed E-state index contributed by atoms with van der Waals surface area (Å²) in [5, 5.41) is 2.28. The lowest BCUT2D eigenvalue weighted by molar-refractivity contribution is -0.141. The Morgan fingerprint density at radius 2 is 2.17 bits per heavy atom. The maximum absolute atomic E-state index is 11.4. The molecular weight excluding hydrogens is 228 g/mol. The molecule has 0 fully saturated rings. The molecule has 0 bridgehead atoms. The van der Waals surface area contributed by atoms with Crippen LogP contribution >= 0.6 is 0 Å². The van der Waals surface area contributed by atoms with Gasteiger partial charge in [0.1, 0.15) is 5.75 Å². The van der Waals surface area contributed by atoms with E-state index in [0.29, 0.717) is 13.0 Å². The SMILES string of the molecule is COC(=O)CC1COc2c1ccc1ccccc21. The molecule has 0 aromatic heterocycles. The first-order chi connectivity index (χ1) is 8.79. The Morgan fingerprint density at radius 3 is 3.00 bits per heavy atom. The van der Waals surface area contributed by atoms with Crippen LogP contribution in [-0.2, 0) is 9.53 Å². The number of rotatable bonds is 2. The predicted octanol–water partition coefficient (Wildman–Crippen LogP) is 2.88. The molecule has 2 aromatic rings. The van der Waals surface area contributed by atoms with Crippen molar-refractivity contribution in [3.63, 3.8) is 0 Å². The van der Waals surface area contributed by atoms with Gasteiger partial charge in [0.15, 0.2) is 0 Å². The summed E-state index contributed by atoms with van der Waals surface area (Å²) in [6.07, 6.45) is 0.377. The van der Waals surface area contributed by atoms with E-state index < -0.39 is 0 Å². The quantitative estimate of drug-likeness (QED) is 0.760. The molecular formula is C15H14O3. The van der Waals surface area contributed by atoms with Gasteiger partial charge in [-0.2, -0.15) is 0 Å². The molecule has 18 heavy (non-hydrogen) atoms. The van der Waals surface area contributed by atoms with Gasteiger partial charge < -0.3 is 9.47 Å². The Morgan fingerprint density at radius 1 is 1.33 bits per heavy atom. The first kappa shape index (κ1) is 11.1. The van der Waals surface area contributed by atoms with Crippen LogP contribution in [0, 0.1) is 0 Å². The minimum atomic E-state index is -0.190. The Labute approximate surface area is 105 Å². The third-order valence-corrected chi connectivity index (χ3v) is 3.42. The maximum Gasteiger partial charge on any atom is 0.306 e. The van der Waals surface area contributed by atoms with Crippen LogP contribution in [0.15, 0.2) is 36.4 Å². The Hall–Kier alpha value is -2.03. The zero-order valence-corrected chi connectivity index (χ0v) is 10.2. The molecule has 1 aliphatic heterocycles. The van der Waals surface area contributed by atoms with Crippen molar-refractivity contribution in [3.05, 3.63) is 42.0 Å². The van der Waals surface area contributed by atoms with E-state index in [1.54, 1.807) is 0 Å². The van der Waals surface area contributed by atoms with Crippen LogP contribution in [0.2, 0.25) is 0 Å². The number of ether oxygens (including phenoxy) is 2. The molecule has 1 atom stereocenters. The predicted molar refractivity (Wildman–Crippen MR) is 68.8 cm³/mol. The van der Waals surface area contributed by atoms with E-state index in [1.807, 2.05) is 12.1 Å². The molecule has 1 heterocycles. The number of fused-ring (bicyclic) bond motifs is 3. The van der Waals surface area contributed by atoms with E-state index >= 15 is 0 Å². The summed E-state index contributed by atoms with van der Waals surface area (Å²) in [7, 11) is 1.42. The van der Waals surface area contributed by atoms with Gasteiger partial charge in [-0.3, -0.25) is 4.79 Å². The number of benzene rings is 2. The zero-order chi connectivity index (χ0) is 12.5. The van der Waals surface area contributed by atoms with Crippen molar-refractivity contribution in [1.29, 1.82) is 0 Å². The van der Waals surface area contributed by atoms with E-state index in [2.05, 4.69) is 24.3 Å². The minimum Gasteiger partial charge on any atom is -0.492 e. The molecule has 3 nitrogen and oxygen atoms in total. The van der Waals surface area contributed by atoms with Crippen LogP contribution in [0.3, 0.4) is 0 Å². The normalized spacial score (nSPS) is 17.3. The molecule has 0 spiro atoms. The van der Waals surface area contributed by atoms with Gasteiger partial charge in [-0.05, 0) is 5.39 Å². The molecule has 0 N–H and O–H groups in total. The number of hydrogen-bond acceptors (Lipinski definition) is 3. The van der Waals surface area contributed by atoms with E-state index in [4.69, 9.17) is 9.47 Å².